The van der Waals surface area contributed by atoms with Crippen LogP contribution in [-0.2, 0) is 4.74 Å². The first-order valence-electron chi connectivity index (χ1n) is 18.9. The summed E-state index contributed by atoms with van der Waals surface area (Å²) in [6.07, 6.45) is 12.3. The molecule has 1 saturated heterocycles. The summed E-state index contributed by atoms with van der Waals surface area (Å²) in [6, 6.07) is 18.6. The molecule has 306 valence electrons. The third-order valence-corrected chi connectivity index (χ3v) is 10.4. The van der Waals surface area contributed by atoms with E-state index in [1.165, 1.54) is 36.4 Å². The molecule has 0 spiro atoms. The molecule has 6 aromatic heterocycles. The standard InChI is InChI=1S/C24H20F2N6O.C19H12F2N6.CH4/c25-17-5-3-4-14(11-17)20-22(31-8-7-28-24(31)23(27)30-20)15-10-16-13-29-32(21(16)18(26)12-15)19-6-1-2-9-33-19;20-13-3-1-2-10(7-13)16-17(27-5-4-23-19(27)18(22)25-16)11-6-12-9-24-26-15(12)14(21)8-11;/h3-5,7-8,10-13,19H,1-2,6,9H2,(H2,27,30);1-9H,(H2,22,25)(H,24,26);1H4. The van der Waals surface area contributed by atoms with Crippen molar-refractivity contribution in [3.8, 4) is 45.0 Å². The Kier molecular flexibility index (Phi) is 9.87. The molecule has 13 nitrogen and oxygen atoms in total. The first-order chi connectivity index (χ1) is 29.2. The van der Waals surface area contributed by atoms with Gasteiger partial charge >= 0.3 is 0 Å². The summed E-state index contributed by atoms with van der Waals surface area (Å²) >= 11 is 0. The molecule has 1 aliphatic rings. The van der Waals surface area contributed by atoms with E-state index in [1.54, 1.807) is 81.0 Å². The molecule has 0 amide bonds. The van der Waals surface area contributed by atoms with Crippen LogP contribution >= 0.6 is 0 Å². The fraction of sp³-hybridized carbons (Fsp3) is 0.136. The van der Waals surface area contributed by atoms with Crippen molar-refractivity contribution in [2.75, 3.05) is 18.1 Å². The Hall–Kier alpha value is -7.66. The zero-order chi connectivity index (χ0) is 41.1. The van der Waals surface area contributed by atoms with E-state index in [0.29, 0.717) is 84.7 Å². The lowest BCUT2D eigenvalue weighted by Gasteiger charge is -2.23. The molecule has 0 aliphatic carbocycles. The fourth-order valence-corrected chi connectivity index (χ4v) is 7.81. The van der Waals surface area contributed by atoms with Crippen molar-refractivity contribution in [1.82, 2.24) is 48.7 Å². The second-order valence-electron chi connectivity index (χ2n) is 14.2. The quantitative estimate of drug-likeness (QED) is 0.143. The van der Waals surface area contributed by atoms with Gasteiger partial charge in [0, 0.05) is 64.4 Å². The van der Waals surface area contributed by atoms with Crippen LogP contribution in [0.2, 0.25) is 0 Å². The van der Waals surface area contributed by atoms with Crippen LogP contribution < -0.4 is 11.5 Å². The number of aromatic nitrogens is 10. The highest BCUT2D eigenvalue weighted by Gasteiger charge is 2.24. The molecule has 1 aliphatic heterocycles. The third kappa shape index (κ3) is 6.83. The molecule has 11 rings (SSSR count). The number of anilines is 2. The van der Waals surface area contributed by atoms with E-state index < -0.39 is 23.3 Å². The number of benzene rings is 4. The van der Waals surface area contributed by atoms with E-state index in [1.807, 2.05) is 6.07 Å². The van der Waals surface area contributed by atoms with Crippen LogP contribution in [0.1, 0.15) is 32.9 Å². The average Bonchev–Trinajstić information content (AvgIpc) is 4.09. The number of H-pyrrole nitrogens is 1. The zero-order valence-corrected chi connectivity index (χ0v) is 31.4. The van der Waals surface area contributed by atoms with Gasteiger partial charge in [0.2, 0.25) is 0 Å². The number of nitrogens with one attached hydrogen (secondary N) is 1. The van der Waals surface area contributed by atoms with Gasteiger partial charge in [0.1, 0.15) is 34.3 Å². The van der Waals surface area contributed by atoms with Gasteiger partial charge in [0.05, 0.1) is 35.2 Å². The number of fused-ring (bicyclic) bond motifs is 4. The lowest BCUT2D eigenvalue weighted by molar-refractivity contribution is -0.0369. The molecule has 1 fully saturated rings. The van der Waals surface area contributed by atoms with Crippen LogP contribution in [-0.4, -0.2) is 55.3 Å². The summed E-state index contributed by atoms with van der Waals surface area (Å²) in [7, 11) is 0. The van der Waals surface area contributed by atoms with Gasteiger partial charge in [-0.05, 0) is 67.8 Å². The highest BCUT2D eigenvalue weighted by atomic mass is 19.1. The van der Waals surface area contributed by atoms with Crippen molar-refractivity contribution in [2.45, 2.75) is 32.9 Å². The maximum atomic E-state index is 15.5. The molecule has 5 N–H and O–H groups in total. The number of hydrogen-bond acceptors (Lipinski definition) is 9. The normalized spacial score (nSPS) is 14.1. The summed E-state index contributed by atoms with van der Waals surface area (Å²) in [5, 5.41) is 12.2. The van der Waals surface area contributed by atoms with Crippen molar-refractivity contribution < 1.29 is 22.3 Å². The van der Waals surface area contributed by atoms with Crippen molar-refractivity contribution >= 4 is 44.7 Å². The predicted molar refractivity (Wildman–Crippen MR) is 225 cm³/mol. The second-order valence-corrected chi connectivity index (χ2v) is 14.2. The van der Waals surface area contributed by atoms with E-state index in [9.17, 15) is 13.2 Å². The number of nitrogen functional groups attached to an aromatic ring is 2. The van der Waals surface area contributed by atoms with E-state index in [4.69, 9.17) is 16.2 Å². The van der Waals surface area contributed by atoms with E-state index in [2.05, 4.69) is 35.2 Å². The molecule has 0 saturated carbocycles. The molecule has 0 bridgehead atoms. The Balaban J connectivity index is 0.000000157. The number of hydrogen-bond donors (Lipinski definition) is 3. The fourth-order valence-electron chi connectivity index (χ4n) is 7.81. The monoisotopic (exact) mass is 824 g/mol. The van der Waals surface area contributed by atoms with Gasteiger partial charge in [-0.3, -0.25) is 13.9 Å². The predicted octanol–water partition coefficient (Wildman–Crippen LogP) is 9.41. The number of nitrogens with two attached hydrogens (primary N) is 2. The largest absolute Gasteiger partial charge is 0.381 e. The molecular formula is C44H36F4N12O. The topological polar surface area (TPSA) is 168 Å². The minimum atomic E-state index is -0.449. The highest BCUT2D eigenvalue weighted by molar-refractivity contribution is 5.91. The van der Waals surface area contributed by atoms with Crippen molar-refractivity contribution in [1.29, 1.82) is 0 Å². The minimum absolute atomic E-state index is 0. The van der Waals surface area contributed by atoms with Crippen LogP contribution in [0.15, 0.2) is 110 Å². The molecular weight excluding hydrogens is 789 g/mol. The molecule has 1 unspecified atom stereocenters. The summed E-state index contributed by atoms with van der Waals surface area (Å²) in [5.74, 6) is -1.28. The van der Waals surface area contributed by atoms with Gasteiger partial charge < -0.3 is 16.2 Å². The Bertz CT molecular complexity index is 3260. The number of rotatable bonds is 5. The van der Waals surface area contributed by atoms with Crippen molar-refractivity contribution in [3.63, 3.8) is 0 Å². The van der Waals surface area contributed by atoms with Crippen LogP contribution in [0.5, 0.6) is 0 Å². The number of imidazole rings is 2. The first-order valence-corrected chi connectivity index (χ1v) is 18.9. The van der Waals surface area contributed by atoms with Crippen molar-refractivity contribution in [2.24, 2.45) is 0 Å². The molecule has 1 atom stereocenters. The van der Waals surface area contributed by atoms with Crippen LogP contribution in [0.4, 0.5) is 29.2 Å². The van der Waals surface area contributed by atoms with Crippen molar-refractivity contribution in [3.05, 3.63) is 133 Å². The third-order valence-electron chi connectivity index (χ3n) is 10.4. The van der Waals surface area contributed by atoms with E-state index in [0.717, 1.165) is 19.3 Å². The smallest absolute Gasteiger partial charge is 0.180 e. The summed E-state index contributed by atoms with van der Waals surface area (Å²) < 4.78 is 68.9. The zero-order valence-electron chi connectivity index (χ0n) is 31.4. The number of ether oxygens (including phenoxy) is 1. The van der Waals surface area contributed by atoms with Crippen LogP contribution in [0, 0.1) is 23.3 Å². The molecule has 10 aromatic rings. The number of halogens is 4. The second kappa shape index (κ2) is 15.5. The summed E-state index contributed by atoms with van der Waals surface area (Å²) in [6.45, 7) is 0.637. The summed E-state index contributed by atoms with van der Waals surface area (Å²) in [5.41, 5.74) is 17.9. The van der Waals surface area contributed by atoms with Gasteiger partial charge in [0.15, 0.2) is 29.2 Å². The van der Waals surface area contributed by atoms with E-state index >= 15 is 4.39 Å². The molecule has 17 heteroatoms. The Morgan fingerprint density at radius 1 is 0.672 bits per heavy atom. The van der Waals surface area contributed by atoms with Gasteiger partial charge in [-0.25, -0.2) is 42.2 Å². The van der Waals surface area contributed by atoms with E-state index in [-0.39, 0.29) is 25.3 Å². The lowest BCUT2D eigenvalue weighted by atomic mass is 10.0. The molecule has 7 heterocycles. The van der Waals surface area contributed by atoms with Gasteiger partial charge in [0.25, 0.3) is 0 Å². The highest BCUT2D eigenvalue weighted by Crippen LogP contribution is 2.38. The minimum Gasteiger partial charge on any atom is -0.381 e. The molecule has 0 radical (unpaired) electrons. The Morgan fingerprint density at radius 2 is 1.26 bits per heavy atom. The molecule has 61 heavy (non-hydrogen) atoms. The Morgan fingerprint density at radius 3 is 1.84 bits per heavy atom. The maximum Gasteiger partial charge on any atom is 0.180 e. The van der Waals surface area contributed by atoms with Crippen LogP contribution in [0.25, 0.3) is 78.1 Å². The Labute approximate surface area is 344 Å². The van der Waals surface area contributed by atoms with Crippen LogP contribution in [0.3, 0.4) is 0 Å². The average molecular weight is 825 g/mol. The number of aromatic amines is 1. The van der Waals surface area contributed by atoms with Gasteiger partial charge in [-0.1, -0.05) is 31.7 Å². The van der Waals surface area contributed by atoms with Gasteiger partial charge in [-0.15, -0.1) is 0 Å². The summed E-state index contributed by atoms with van der Waals surface area (Å²) in [4.78, 5) is 17.5. The lowest BCUT2D eigenvalue weighted by Crippen LogP contribution is -2.19. The molecule has 4 aromatic carbocycles. The van der Waals surface area contributed by atoms with Gasteiger partial charge in [-0.2, -0.15) is 10.2 Å². The first kappa shape index (κ1) is 38.8. The number of nitrogens with zero attached hydrogens (tertiary/aromatic N) is 9. The maximum absolute atomic E-state index is 15.5. The SMILES string of the molecule is C.Nc1nc(-c2cccc(F)c2)c(-c2cc(F)c3[nH]ncc3c2)n2ccnc12.Nc1nc(-c2cccc(F)c2)c(-c2cc(F)c3c(cnn3C3CCCCO3)c2)n2ccnc12.